The van der Waals surface area contributed by atoms with Crippen molar-refractivity contribution in [1.29, 1.82) is 0 Å². The Hall–Kier alpha value is -3.21. The standard InChI is InChI=1S/C25H29F3N6O2/c1-3-19-22(33-10-9-18(36-2)13-20(33)30-19)24(35)29-14-15-4-6-16(7-5-15)23-31-21-12-17(25(26,27)28)8-11-34(21)32-23/h4-7,17-18H,3,8-14H2,1-2H3,(H,29,35)/t17-,18-/m0/s1. The number of carbonyl (C=O) groups excluding carboxylic acids is 1. The van der Waals surface area contributed by atoms with Crippen LogP contribution >= 0.6 is 0 Å². The number of nitrogens with zero attached hydrogens (tertiary/aromatic N) is 5. The molecule has 11 heteroatoms. The average molecular weight is 503 g/mol. The summed E-state index contributed by atoms with van der Waals surface area (Å²) in [5, 5.41) is 7.39. The van der Waals surface area contributed by atoms with Crippen molar-refractivity contribution in [2.45, 2.75) is 70.9 Å². The maximum Gasteiger partial charge on any atom is 0.392 e. The van der Waals surface area contributed by atoms with Gasteiger partial charge in [0.25, 0.3) is 5.91 Å². The van der Waals surface area contributed by atoms with Crippen LogP contribution in [0.25, 0.3) is 11.4 Å². The van der Waals surface area contributed by atoms with E-state index in [4.69, 9.17) is 4.74 Å². The number of methoxy groups -OCH3 is 1. The number of imidazole rings is 1. The van der Waals surface area contributed by atoms with Gasteiger partial charge in [-0.25, -0.2) is 14.6 Å². The smallest absolute Gasteiger partial charge is 0.381 e. The van der Waals surface area contributed by atoms with Crippen molar-refractivity contribution in [3.63, 3.8) is 0 Å². The highest BCUT2D eigenvalue weighted by molar-refractivity contribution is 5.94. The van der Waals surface area contributed by atoms with Crippen molar-refractivity contribution < 1.29 is 22.7 Å². The predicted octanol–water partition coefficient (Wildman–Crippen LogP) is 3.72. The molecule has 3 aromatic rings. The molecule has 2 aliphatic heterocycles. The number of alkyl halides is 3. The number of hydrogen-bond acceptors (Lipinski definition) is 5. The quantitative estimate of drug-likeness (QED) is 0.555. The van der Waals surface area contributed by atoms with E-state index in [-0.39, 0.29) is 31.4 Å². The lowest BCUT2D eigenvalue weighted by molar-refractivity contribution is -0.179. The van der Waals surface area contributed by atoms with E-state index < -0.39 is 12.1 Å². The van der Waals surface area contributed by atoms with Gasteiger partial charge < -0.3 is 14.6 Å². The first-order valence-electron chi connectivity index (χ1n) is 12.3. The van der Waals surface area contributed by atoms with E-state index in [0.29, 0.717) is 43.3 Å². The van der Waals surface area contributed by atoms with Gasteiger partial charge in [0.2, 0.25) is 0 Å². The maximum absolute atomic E-state index is 13.1. The van der Waals surface area contributed by atoms with Crippen LogP contribution in [0.5, 0.6) is 0 Å². The van der Waals surface area contributed by atoms with Crippen LogP contribution in [0.4, 0.5) is 13.2 Å². The summed E-state index contributed by atoms with van der Waals surface area (Å²) in [4.78, 5) is 22.1. The summed E-state index contributed by atoms with van der Waals surface area (Å²) < 4.78 is 48.3. The highest BCUT2D eigenvalue weighted by Crippen LogP contribution is 2.35. The van der Waals surface area contributed by atoms with Crippen molar-refractivity contribution in [2.75, 3.05) is 7.11 Å². The molecular formula is C25H29F3N6O2. The van der Waals surface area contributed by atoms with Crippen molar-refractivity contribution in [2.24, 2.45) is 5.92 Å². The first kappa shape index (κ1) is 24.5. The molecule has 0 saturated carbocycles. The second kappa shape index (κ2) is 9.68. The molecule has 4 heterocycles. The second-order valence-electron chi connectivity index (χ2n) is 9.36. The summed E-state index contributed by atoms with van der Waals surface area (Å²) in [6, 6.07) is 7.38. The average Bonchev–Trinajstić information content (AvgIpc) is 3.47. The SMILES string of the molecule is CCc1nc2n(c1C(=O)NCc1ccc(-c3nc4n(n3)CC[C@H](C(F)(F)F)C4)cc1)CC[C@H](OC)C2. The van der Waals surface area contributed by atoms with Gasteiger partial charge in [-0.1, -0.05) is 31.2 Å². The Morgan fingerprint density at radius 2 is 1.89 bits per heavy atom. The Morgan fingerprint density at radius 1 is 1.11 bits per heavy atom. The Labute approximate surface area is 206 Å². The van der Waals surface area contributed by atoms with Gasteiger partial charge in [-0.15, -0.1) is 0 Å². The van der Waals surface area contributed by atoms with Crippen molar-refractivity contribution in [3.8, 4) is 11.4 Å². The number of halogens is 3. The Bertz CT molecular complexity index is 1250. The maximum atomic E-state index is 13.1. The number of carbonyl (C=O) groups is 1. The van der Waals surface area contributed by atoms with E-state index in [0.717, 1.165) is 29.1 Å². The largest absolute Gasteiger partial charge is 0.392 e. The molecule has 2 aliphatic rings. The Balaban J connectivity index is 1.25. The number of hydrogen-bond donors (Lipinski definition) is 1. The summed E-state index contributed by atoms with van der Waals surface area (Å²) in [7, 11) is 1.70. The van der Waals surface area contributed by atoms with Crippen molar-refractivity contribution in [3.05, 3.63) is 52.9 Å². The zero-order chi connectivity index (χ0) is 25.4. The van der Waals surface area contributed by atoms with Crippen LogP contribution in [0.1, 0.15) is 53.2 Å². The number of fused-ring (bicyclic) bond motifs is 2. The molecule has 0 aliphatic carbocycles. The fourth-order valence-electron chi connectivity index (χ4n) is 4.98. The number of aryl methyl sites for hydroxylation is 2. The first-order chi connectivity index (χ1) is 17.3. The molecule has 0 radical (unpaired) electrons. The molecule has 1 amide bonds. The Morgan fingerprint density at radius 3 is 2.58 bits per heavy atom. The molecule has 8 nitrogen and oxygen atoms in total. The van der Waals surface area contributed by atoms with Crippen LogP contribution in [0, 0.1) is 5.92 Å². The topological polar surface area (TPSA) is 86.9 Å². The van der Waals surface area contributed by atoms with Gasteiger partial charge in [0.05, 0.1) is 17.7 Å². The van der Waals surface area contributed by atoms with Gasteiger partial charge in [-0.05, 0) is 24.8 Å². The van der Waals surface area contributed by atoms with Gasteiger partial charge in [0.1, 0.15) is 17.3 Å². The second-order valence-corrected chi connectivity index (χ2v) is 9.36. The van der Waals surface area contributed by atoms with Gasteiger partial charge in [-0.2, -0.15) is 18.3 Å². The molecule has 0 fully saturated rings. The number of nitrogens with one attached hydrogen (secondary N) is 1. The highest BCUT2D eigenvalue weighted by Gasteiger charge is 2.42. The third kappa shape index (κ3) is 4.76. The zero-order valence-corrected chi connectivity index (χ0v) is 20.3. The molecule has 192 valence electrons. The van der Waals surface area contributed by atoms with E-state index in [2.05, 4.69) is 20.4 Å². The molecule has 1 aromatic carbocycles. The number of ether oxygens (including phenoxy) is 1. The van der Waals surface area contributed by atoms with Crippen molar-refractivity contribution >= 4 is 5.91 Å². The van der Waals surface area contributed by atoms with E-state index >= 15 is 0 Å². The number of aromatic nitrogens is 5. The highest BCUT2D eigenvalue weighted by atomic mass is 19.4. The first-order valence-corrected chi connectivity index (χ1v) is 12.3. The monoisotopic (exact) mass is 502 g/mol. The van der Waals surface area contributed by atoms with E-state index in [1.165, 1.54) is 0 Å². The number of benzene rings is 1. The van der Waals surface area contributed by atoms with Crippen LogP contribution in [0.15, 0.2) is 24.3 Å². The Kier molecular flexibility index (Phi) is 6.59. The molecule has 0 unspecified atom stereocenters. The summed E-state index contributed by atoms with van der Waals surface area (Å²) in [5.41, 5.74) is 3.02. The molecule has 1 N–H and O–H groups in total. The normalized spacial score (nSPS) is 19.6. The molecule has 2 aromatic heterocycles. The zero-order valence-electron chi connectivity index (χ0n) is 20.3. The summed E-state index contributed by atoms with van der Waals surface area (Å²) >= 11 is 0. The number of amides is 1. The minimum atomic E-state index is -4.22. The van der Waals surface area contributed by atoms with Crippen LogP contribution in [0.2, 0.25) is 0 Å². The van der Waals surface area contributed by atoms with Gasteiger partial charge in [-0.3, -0.25) is 4.79 Å². The molecular weight excluding hydrogens is 473 g/mol. The fourth-order valence-corrected chi connectivity index (χ4v) is 4.98. The molecule has 2 atom stereocenters. The fraction of sp³-hybridized carbons (Fsp3) is 0.520. The van der Waals surface area contributed by atoms with Crippen LogP contribution in [-0.2, 0) is 43.6 Å². The molecule has 36 heavy (non-hydrogen) atoms. The van der Waals surface area contributed by atoms with Gasteiger partial charge in [0, 0.05) is 45.1 Å². The minimum Gasteiger partial charge on any atom is -0.381 e. The van der Waals surface area contributed by atoms with Crippen LogP contribution in [-0.4, -0.2) is 49.6 Å². The third-order valence-electron chi connectivity index (χ3n) is 7.08. The van der Waals surface area contributed by atoms with Crippen LogP contribution < -0.4 is 5.32 Å². The summed E-state index contributed by atoms with van der Waals surface area (Å²) in [5.74, 6) is 0.132. The third-order valence-corrected chi connectivity index (χ3v) is 7.08. The number of rotatable bonds is 6. The van der Waals surface area contributed by atoms with E-state index in [1.54, 1.807) is 11.8 Å². The van der Waals surface area contributed by atoms with E-state index in [1.807, 2.05) is 35.8 Å². The lowest BCUT2D eigenvalue weighted by atomic mass is 9.98. The molecule has 0 bridgehead atoms. The summed E-state index contributed by atoms with van der Waals surface area (Å²) in [6.45, 7) is 3.23. The van der Waals surface area contributed by atoms with Crippen molar-refractivity contribution in [1.82, 2.24) is 29.6 Å². The molecule has 5 rings (SSSR count). The van der Waals surface area contributed by atoms with Gasteiger partial charge in [0.15, 0.2) is 5.82 Å². The molecule has 0 spiro atoms. The van der Waals surface area contributed by atoms with Gasteiger partial charge >= 0.3 is 6.18 Å². The summed E-state index contributed by atoms with van der Waals surface area (Å²) in [6.07, 6.45) is -2.02. The lowest BCUT2D eigenvalue weighted by Crippen LogP contribution is -2.31. The molecule has 0 saturated heterocycles. The predicted molar refractivity (Wildman–Crippen MR) is 125 cm³/mol. The van der Waals surface area contributed by atoms with E-state index in [9.17, 15) is 18.0 Å². The van der Waals surface area contributed by atoms with Crippen LogP contribution in [0.3, 0.4) is 0 Å². The minimum absolute atomic E-state index is 0.0189. The lowest BCUT2D eigenvalue weighted by Gasteiger charge is -2.24.